The number of rotatable bonds is 5. The van der Waals surface area contributed by atoms with E-state index in [2.05, 4.69) is 17.1 Å². The normalized spacial score (nSPS) is 11.5. The summed E-state index contributed by atoms with van der Waals surface area (Å²) in [5, 5.41) is 3.28. The molecule has 2 heterocycles. The molecule has 0 spiro atoms. The first-order valence-electron chi connectivity index (χ1n) is 8.95. The topological polar surface area (TPSA) is 76.4 Å². The maximum Gasteiger partial charge on any atom is 0.179 e. The van der Waals surface area contributed by atoms with Crippen LogP contribution in [0.2, 0.25) is 6.82 Å². The molecule has 0 aliphatic heterocycles. The lowest BCUT2D eigenvalue weighted by Gasteiger charge is -2.11. The Kier molecular flexibility index (Phi) is 4.64. The molecule has 4 rings (SSSR count). The predicted octanol–water partition coefficient (Wildman–Crippen LogP) is 2.65. The van der Waals surface area contributed by atoms with Gasteiger partial charge in [0.2, 0.25) is 0 Å². The molecular weight excluding hydrogens is 371 g/mol. The van der Waals surface area contributed by atoms with Crippen molar-refractivity contribution in [1.29, 1.82) is 0 Å². The Bertz CT molecular complexity index is 1240. The smallest absolute Gasteiger partial charge is 0.179 e. The first-order valence-corrected chi connectivity index (χ1v) is 10.8. The predicted molar refractivity (Wildman–Crippen MR) is 114 cm³/mol. The van der Waals surface area contributed by atoms with Crippen LogP contribution in [0, 0.1) is 0 Å². The van der Waals surface area contributed by atoms with Crippen molar-refractivity contribution in [2.45, 2.75) is 11.7 Å². The minimum Gasteiger partial charge on any atom is -0.337 e. The molecule has 140 valence electrons. The summed E-state index contributed by atoms with van der Waals surface area (Å²) in [4.78, 5) is 9.57. The van der Waals surface area contributed by atoms with E-state index in [0.29, 0.717) is 5.82 Å². The molecule has 0 aliphatic rings. The number of hydrogen-bond acceptors (Lipinski definition) is 5. The second kappa shape index (κ2) is 7.12. The molecule has 2 aromatic carbocycles. The van der Waals surface area contributed by atoms with Crippen molar-refractivity contribution in [3.63, 3.8) is 0 Å². The van der Waals surface area contributed by atoms with Gasteiger partial charge in [-0.1, -0.05) is 37.2 Å². The Morgan fingerprint density at radius 3 is 2.39 bits per heavy atom. The Hall–Kier alpha value is -3.13. The van der Waals surface area contributed by atoms with Crippen LogP contribution in [0.15, 0.2) is 71.9 Å². The van der Waals surface area contributed by atoms with Gasteiger partial charge in [-0.15, -0.1) is 0 Å². The van der Waals surface area contributed by atoms with Crippen LogP contribution in [0.5, 0.6) is 0 Å². The van der Waals surface area contributed by atoms with Crippen LogP contribution in [-0.4, -0.2) is 36.3 Å². The minimum absolute atomic E-state index is 0.281. The van der Waals surface area contributed by atoms with Crippen LogP contribution in [0.4, 0.5) is 11.5 Å². The Labute approximate surface area is 164 Å². The number of hydrogen-bond donors (Lipinski definition) is 1. The summed E-state index contributed by atoms with van der Waals surface area (Å²) in [6, 6.07) is 16.6. The molecule has 0 aliphatic carbocycles. The molecule has 6 nitrogen and oxygen atoms in total. The SMILES string of the molecule is CBc1cnc2c(Nc3ccc(S(C)(=O)=O)cc3)nc(-c3ccccc3)cn12. The zero-order chi connectivity index (χ0) is 19.7. The monoisotopic (exact) mass is 390 g/mol. The highest BCUT2D eigenvalue weighted by molar-refractivity contribution is 7.90. The Balaban J connectivity index is 1.80. The maximum absolute atomic E-state index is 11.7. The molecule has 0 amide bonds. The maximum atomic E-state index is 11.7. The number of aromatic nitrogens is 3. The molecule has 0 atom stereocenters. The van der Waals surface area contributed by atoms with Gasteiger partial charge in [0.15, 0.2) is 28.6 Å². The second-order valence-electron chi connectivity index (χ2n) is 6.56. The average molecular weight is 390 g/mol. The van der Waals surface area contributed by atoms with Gasteiger partial charge in [-0.25, -0.2) is 18.4 Å². The molecule has 0 fully saturated rings. The number of fused-ring (bicyclic) bond motifs is 1. The number of sulfone groups is 1. The van der Waals surface area contributed by atoms with E-state index in [-0.39, 0.29) is 4.90 Å². The van der Waals surface area contributed by atoms with Gasteiger partial charge in [0.25, 0.3) is 0 Å². The molecule has 8 heteroatoms. The third-order valence-electron chi connectivity index (χ3n) is 4.55. The molecular formula is C20H19BN4O2S. The summed E-state index contributed by atoms with van der Waals surface area (Å²) >= 11 is 0. The van der Waals surface area contributed by atoms with E-state index in [1.165, 1.54) is 6.26 Å². The van der Waals surface area contributed by atoms with Crippen LogP contribution in [0.3, 0.4) is 0 Å². The van der Waals surface area contributed by atoms with Crippen molar-refractivity contribution in [2.24, 2.45) is 0 Å². The number of nitrogens with zero attached hydrogens (tertiary/aromatic N) is 3. The molecule has 0 bridgehead atoms. The fraction of sp³-hybridized carbons (Fsp3) is 0.100. The molecule has 0 radical (unpaired) electrons. The van der Waals surface area contributed by atoms with Gasteiger partial charge in [-0.3, -0.25) is 0 Å². The molecule has 28 heavy (non-hydrogen) atoms. The van der Waals surface area contributed by atoms with Gasteiger partial charge in [-0.2, -0.15) is 0 Å². The van der Waals surface area contributed by atoms with Crippen LogP contribution in [-0.2, 0) is 9.84 Å². The lowest BCUT2D eigenvalue weighted by Crippen LogP contribution is -2.17. The number of nitrogens with one attached hydrogen (secondary N) is 1. The van der Waals surface area contributed by atoms with Crippen molar-refractivity contribution in [1.82, 2.24) is 14.4 Å². The largest absolute Gasteiger partial charge is 0.337 e. The zero-order valence-corrected chi connectivity index (χ0v) is 16.4. The van der Waals surface area contributed by atoms with Crippen LogP contribution in [0.1, 0.15) is 0 Å². The number of imidazole rings is 1. The third kappa shape index (κ3) is 3.51. The summed E-state index contributed by atoms with van der Waals surface area (Å²) < 4.78 is 25.4. The summed E-state index contributed by atoms with van der Waals surface area (Å²) in [5.41, 5.74) is 4.40. The van der Waals surface area contributed by atoms with E-state index in [0.717, 1.165) is 35.5 Å². The molecule has 2 aromatic heterocycles. The summed E-state index contributed by atoms with van der Waals surface area (Å²) in [6.07, 6.45) is 5.04. The lowest BCUT2D eigenvalue weighted by atomic mass is 9.78. The summed E-state index contributed by atoms with van der Waals surface area (Å²) in [6.45, 7) is 2.09. The standard InChI is InChI=1S/C20H19BN4O2S/c1-21-18-12-22-20-19(23-15-8-10-16(11-9-15)28(2,26)27)24-17(13-25(18)20)14-6-4-3-5-7-14/h3-13,21H,1-2H3,(H,23,24). The molecule has 1 N–H and O–H groups in total. The first-order chi connectivity index (χ1) is 13.5. The summed E-state index contributed by atoms with van der Waals surface area (Å²) in [5.74, 6) is 0.619. The van der Waals surface area contributed by atoms with Gasteiger partial charge in [0.1, 0.15) is 0 Å². The van der Waals surface area contributed by atoms with Crippen LogP contribution in [0.25, 0.3) is 16.9 Å². The van der Waals surface area contributed by atoms with Crippen LogP contribution < -0.4 is 10.9 Å². The van der Waals surface area contributed by atoms with Gasteiger partial charge in [-0.05, 0) is 24.3 Å². The highest BCUT2D eigenvalue weighted by atomic mass is 32.2. The lowest BCUT2D eigenvalue weighted by molar-refractivity contribution is 0.602. The van der Waals surface area contributed by atoms with Gasteiger partial charge in [0, 0.05) is 35.5 Å². The molecule has 4 aromatic rings. The van der Waals surface area contributed by atoms with E-state index < -0.39 is 9.84 Å². The van der Waals surface area contributed by atoms with Crippen molar-refractivity contribution in [3.05, 3.63) is 67.0 Å². The van der Waals surface area contributed by atoms with Crippen molar-refractivity contribution >= 4 is 39.9 Å². The van der Waals surface area contributed by atoms with E-state index >= 15 is 0 Å². The fourth-order valence-corrected chi connectivity index (χ4v) is 3.68. The van der Waals surface area contributed by atoms with Crippen molar-refractivity contribution in [2.75, 3.05) is 11.6 Å². The first kappa shape index (κ1) is 18.2. The van der Waals surface area contributed by atoms with E-state index in [9.17, 15) is 8.42 Å². The Morgan fingerprint density at radius 2 is 1.75 bits per heavy atom. The van der Waals surface area contributed by atoms with E-state index in [4.69, 9.17) is 4.98 Å². The zero-order valence-electron chi connectivity index (χ0n) is 15.6. The number of benzene rings is 2. The number of anilines is 2. The third-order valence-corrected chi connectivity index (χ3v) is 5.67. The highest BCUT2D eigenvalue weighted by Crippen LogP contribution is 2.24. The van der Waals surface area contributed by atoms with Crippen LogP contribution >= 0.6 is 0 Å². The Morgan fingerprint density at radius 1 is 1.04 bits per heavy atom. The summed E-state index contributed by atoms with van der Waals surface area (Å²) in [7, 11) is -2.38. The minimum atomic E-state index is -3.23. The van der Waals surface area contributed by atoms with Crippen molar-refractivity contribution < 1.29 is 8.42 Å². The van der Waals surface area contributed by atoms with Gasteiger partial charge in [0.05, 0.1) is 10.6 Å². The highest BCUT2D eigenvalue weighted by Gasteiger charge is 2.13. The molecule has 0 unspecified atom stereocenters. The van der Waals surface area contributed by atoms with E-state index in [1.807, 2.05) is 47.1 Å². The fourth-order valence-electron chi connectivity index (χ4n) is 3.05. The molecule has 0 saturated carbocycles. The van der Waals surface area contributed by atoms with Gasteiger partial charge < -0.3 is 9.72 Å². The molecule has 0 saturated heterocycles. The average Bonchev–Trinajstić information content (AvgIpc) is 3.12. The second-order valence-corrected chi connectivity index (χ2v) is 8.57. The quantitative estimate of drug-likeness (QED) is 0.531. The van der Waals surface area contributed by atoms with E-state index in [1.54, 1.807) is 24.3 Å². The van der Waals surface area contributed by atoms with Gasteiger partial charge >= 0.3 is 0 Å². The van der Waals surface area contributed by atoms with Crippen molar-refractivity contribution in [3.8, 4) is 11.3 Å².